The van der Waals surface area contributed by atoms with Crippen molar-refractivity contribution in [1.29, 1.82) is 0 Å². The first-order valence-corrected chi connectivity index (χ1v) is 5.60. The summed E-state index contributed by atoms with van der Waals surface area (Å²) in [4.78, 5) is 5.54. The minimum Gasteiger partial charge on any atom is -0.495 e. The topological polar surface area (TPSA) is 47.7 Å². The predicted octanol–water partition coefficient (Wildman–Crippen LogP) is 1.80. The van der Waals surface area contributed by atoms with Crippen molar-refractivity contribution in [1.82, 2.24) is 5.06 Å². The summed E-state index contributed by atoms with van der Waals surface area (Å²) in [6, 6.07) is 5.86. The van der Waals surface area contributed by atoms with Gasteiger partial charge in [0.1, 0.15) is 5.75 Å². The molecule has 2 rings (SSSR count). The van der Waals surface area contributed by atoms with Crippen molar-refractivity contribution in [3.63, 3.8) is 0 Å². The number of rotatable bonds is 3. The van der Waals surface area contributed by atoms with Crippen molar-refractivity contribution in [3.05, 3.63) is 23.8 Å². The zero-order valence-corrected chi connectivity index (χ0v) is 9.61. The molecule has 4 nitrogen and oxygen atoms in total. The molecular formula is C12H18N2O2. The second-order valence-electron chi connectivity index (χ2n) is 3.98. The Kier molecular flexibility index (Phi) is 3.64. The van der Waals surface area contributed by atoms with Gasteiger partial charge in [-0.3, -0.25) is 4.84 Å². The van der Waals surface area contributed by atoms with Gasteiger partial charge in [-0.1, -0.05) is 6.07 Å². The molecule has 0 spiro atoms. The van der Waals surface area contributed by atoms with Crippen molar-refractivity contribution >= 4 is 5.69 Å². The fourth-order valence-corrected chi connectivity index (χ4v) is 1.86. The number of nitrogens with two attached hydrogens (primary N) is 1. The van der Waals surface area contributed by atoms with E-state index < -0.39 is 0 Å². The van der Waals surface area contributed by atoms with Crippen LogP contribution in [0.25, 0.3) is 0 Å². The summed E-state index contributed by atoms with van der Waals surface area (Å²) >= 11 is 0. The van der Waals surface area contributed by atoms with E-state index in [1.807, 2.05) is 23.3 Å². The third kappa shape index (κ3) is 2.65. The van der Waals surface area contributed by atoms with E-state index in [0.29, 0.717) is 5.69 Å². The first-order valence-electron chi connectivity index (χ1n) is 5.60. The number of hydrogen-bond donors (Lipinski definition) is 1. The molecule has 0 amide bonds. The van der Waals surface area contributed by atoms with Crippen LogP contribution in [0.15, 0.2) is 18.2 Å². The molecule has 1 aromatic rings. The van der Waals surface area contributed by atoms with Gasteiger partial charge in [0.05, 0.1) is 19.4 Å². The first-order chi connectivity index (χ1) is 7.79. The maximum Gasteiger partial charge on any atom is 0.141 e. The third-order valence-corrected chi connectivity index (χ3v) is 2.73. The predicted molar refractivity (Wildman–Crippen MR) is 63.0 cm³/mol. The highest BCUT2D eigenvalue weighted by atomic mass is 16.7. The molecule has 16 heavy (non-hydrogen) atoms. The lowest BCUT2D eigenvalue weighted by Gasteiger charge is -2.26. The van der Waals surface area contributed by atoms with Gasteiger partial charge >= 0.3 is 0 Å². The summed E-state index contributed by atoms with van der Waals surface area (Å²) in [7, 11) is 1.62. The maximum absolute atomic E-state index is 5.85. The number of methoxy groups -OCH3 is 1. The molecule has 0 bridgehead atoms. The lowest BCUT2D eigenvalue weighted by molar-refractivity contribution is -0.187. The number of hydroxylamine groups is 2. The SMILES string of the molecule is COc1ccc(CN2CCCCO2)cc1N. The normalized spacial score (nSPS) is 17.3. The lowest BCUT2D eigenvalue weighted by atomic mass is 10.2. The molecule has 4 heteroatoms. The quantitative estimate of drug-likeness (QED) is 0.792. The summed E-state index contributed by atoms with van der Waals surface area (Å²) in [5, 5.41) is 1.99. The number of ether oxygens (including phenoxy) is 1. The molecule has 0 radical (unpaired) electrons. The van der Waals surface area contributed by atoms with Crippen LogP contribution < -0.4 is 10.5 Å². The van der Waals surface area contributed by atoms with Crippen LogP contribution in [0.2, 0.25) is 0 Å². The van der Waals surface area contributed by atoms with E-state index in [1.54, 1.807) is 7.11 Å². The highest BCUT2D eigenvalue weighted by molar-refractivity contribution is 5.54. The lowest BCUT2D eigenvalue weighted by Crippen LogP contribution is -2.29. The van der Waals surface area contributed by atoms with E-state index in [9.17, 15) is 0 Å². The van der Waals surface area contributed by atoms with E-state index in [2.05, 4.69) is 0 Å². The van der Waals surface area contributed by atoms with Crippen molar-refractivity contribution in [2.24, 2.45) is 0 Å². The molecular weight excluding hydrogens is 204 g/mol. The minimum absolute atomic E-state index is 0.678. The maximum atomic E-state index is 5.85. The number of nitrogen functional groups attached to an aromatic ring is 1. The molecule has 0 atom stereocenters. The summed E-state index contributed by atoms with van der Waals surface area (Å²) in [6.07, 6.45) is 2.35. The number of nitrogens with zero attached hydrogens (tertiary/aromatic N) is 1. The van der Waals surface area contributed by atoms with Gasteiger partial charge in [0.25, 0.3) is 0 Å². The van der Waals surface area contributed by atoms with Crippen molar-refractivity contribution in [3.8, 4) is 5.75 Å². The molecule has 1 heterocycles. The van der Waals surface area contributed by atoms with E-state index in [1.165, 1.54) is 6.42 Å². The molecule has 0 aliphatic carbocycles. The van der Waals surface area contributed by atoms with Crippen LogP contribution in [0, 0.1) is 0 Å². The molecule has 2 N–H and O–H groups in total. The highest BCUT2D eigenvalue weighted by Gasteiger charge is 2.11. The molecule has 0 unspecified atom stereocenters. The zero-order chi connectivity index (χ0) is 11.4. The standard InChI is InChI=1S/C12H18N2O2/c1-15-12-5-4-10(8-11(12)13)9-14-6-2-3-7-16-14/h4-5,8H,2-3,6-7,9,13H2,1H3. The summed E-state index contributed by atoms with van der Waals surface area (Å²) in [5.41, 5.74) is 7.68. The Morgan fingerprint density at radius 1 is 1.44 bits per heavy atom. The number of anilines is 1. The molecule has 1 fully saturated rings. The average molecular weight is 222 g/mol. The highest BCUT2D eigenvalue weighted by Crippen LogP contribution is 2.23. The van der Waals surface area contributed by atoms with Crippen LogP contribution in [0.5, 0.6) is 5.75 Å². The fourth-order valence-electron chi connectivity index (χ4n) is 1.86. The van der Waals surface area contributed by atoms with Gasteiger partial charge in [-0.05, 0) is 30.5 Å². The van der Waals surface area contributed by atoms with Crippen molar-refractivity contribution in [2.45, 2.75) is 19.4 Å². The average Bonchev–Trinajstić information content (AvgIpc) is 2.31. The van der Waals surface area contributed by atoms with Gasteiger partial charge in [0.2, 0.25) is 0 Å². The van der Waals surface area contributed by atoms with Gasteiger partial charge in [0.15, 0.2) is 0 Å². The first kappa shape index (κ1) is 11.2. The molecule has 1 aliphatic heterocycles. The minimum atomic E-state index is 0.678. The summed E-state index contributed by atoms with van der Waals surface area (Å²) < 4.78 is 5.12. The summed E-state index contributed by atoms with van der Waals surface area (Å²) in [5.74, 6) is 0.725. The molecule has 0 aromatic heterocycles. The van der Waals surface area contributed by atoms with E-state index >= 15 is 0 Å². The largest absolute Gasteiger partial charge is 0.495 e. The Labute approximate surface area is 95.9 Å². The smallest absolute Gasteiger partial charge is 0.141 e. The Balaban J connectivity index is 2.01. The zero-order valence-electron chi connectivity index (χ0n) is 9.61. The molecule has 0 saturated carbocycles. The Hall–Kier alpha value is -1.26. The van der Waals surface area contributed by atoms with Crippen LogP contribution in [0.3, 0.4) is 0 Å². The second kappa shape index (κ2) is 5.18. The van der Waals surface area contributed by atoms with Crippen LogP contribution in [0.4, 0.5) is 5.69 Å². The van der Waals surface area contributed by atoms with E-state index in [0.717, 1.165) is 37.4 Å². The van der Waals surface area contributed by atoms with Crippen molar-refractivity contribution in [2.75, 3.05) is 26.0 Å². The number of hydrogen-bond acceptors (Lipinski definition) is 4. The van der Waals surface area contributed by atoms with Gasteiger partial charge < -0.3 is 10.5 Å². The Morgan fingerprint density at radius 3 is 2.94 bits per heavy atom. The second-order valence-corrected chi connectivity index (χ2v) is 3.98. The van der Waals surface area contributed by atoms with Gasteiger partial charge in [-0.25, -0.2) is 0 Å². The van der Waals surface area contributed by atoms with Crippen LogP contribution in [-0.2, 0) is 11.4 Å². The van der Waals surface area contributed by atoms with E-state index in [-0.39, 0.29) is 0 Å². The van der Waals surface area contributed by atoms with Crippen LogP contribution >= 0.6 is 0 Å². The molecule has 88 valence electrons. The Morgan fingerprint density at radius 2 is 2.31 bits per heavy atom. The van der Waals surface area contributed by atoms with Crippen molar-refractivity contribution < 1.29 is 9.57 Å². The van der Waals surface area contributed by atoms with Crippen LogP contribution in [-0.4, -0.2) is 25.3 Å². The molecule has 1 aromatic carbocycles. The summed E-state index contributed by atoms with van der Waals surface area (Å²) in [6.45, 7) is 2.60. The van der Waals surface area contributed by atoms with Gasteiger partial charge in [-0.15, -0.1) is 0 Å². The fraction of sp³-hybridized carbons (Fsp3) is 0.500. The molecule has 1 aliphatic rings. The van der Waals surface area contributed by atoms with Gasteiger partial charge in [-0.2, -0.15) is 5.06 Å². The monoisotopic (exact) mass is 222 g/mol. The van der Waals surface area contributed by atoms with Gasteiger partial charge in [0, 0.05) is 13.1 Å². The van der Waals surface area contributed by atoms with Crippen LogP contribution in [0.1, 0.15) is 18.4 Å². The third-order valence-electron chi connectivity index (χ3n) is 2.73. The van der Waals surface area contributed by atoms with E-state index in [4.69, 9.17) is 15.3 Å². The Bertz CT molecular complexity index is 349. The number of benzene rings is 1. The molecule has 1 saturated heterocycles.